The Balaban J connectivity index is 1.19. The van der Waals surface area contributed by atoms with Gasteiger partial charge in [0, 0.05) is 62.0 Å². The molecule has 0 spiro atoms. The van der Waals surface area contributed by atoms with Crippen molar-refractivity contribution < 1.29 is 9.18 Å². The van der Waals surface area contributed by atoms with Gasteiger partial charge in [0.2, 0.25) is 11.9 Å². The van der Waals surface area contributed by atoms with Gasteiger partial charge in [-0.2, -0.15) is 0 Å². The van der Waals surface area contributed by atoms with Gasteiger partial charge in [-0.1, -0.05) is 12.1 Å². The number of amides is 1. The number of carbonyl (C=O) groups excluding carboxylic acids is 1. The van der Waals surface area contributed by atoms with Crippen molar-refractivity contribution in [1.82, 2.24) is 24.8 Å². The lowest BCUT2D eigenvalue weighted by molar-refractivity contribution is -0.121. The van der Waals surface area contributed by atoms with Gasteiger partial charge in [-0.05, 0) is 56.3 Å². The highest BCUT2D eigenvalue weighted by Gasteiger charge is 2.28. The van der Waals surface area contributed by atoms with Crippen molar-refractivity contribution in [3.63, 3.8) is 0 Å². The Labute approximate surface area is 199 Å². The molecule has 34 heavy (non-hydrogen) atoms. The van der Waals surface area contributed by atoms with Crippen LogP contribution in [-0.4, -0.2) is 70.4 Å². The second kappa shape index (κ2) is 10.1. The Morgan fingerprint density at radius 3 is 2.59 bits per heavy atom. The minimum Gasteiger partial charge on any atom is -0.304 e. The largest absolute Gasteiger partial charge is 0.304 e. The molecule has 1 aliphatic heterocycles. The average Bonchev–Trinajstić information content (AvgIpc) is 2.85. The van der Waals surface area contributed by atoms with Crippen LogP contribution in [0.5, 0.6) is 0 Å². The number of nitrogens with one attached hydrogen (secondary N) is 1. The van der Waals surface area contributed by atoms with E-state index in [-0.39, 0.29) is 17.6 Å². The van der Waals surface area contributed by atoms with E-state index < -0.39 is 0 Å². The number of pyridine rings is 1. The molecule has 1 aromatic carbocycles. The third-order valence-electron chi connectivity index (χ3n) is 7.19. The number of piperazine rings is 1. The number of likely N-dealkylation sites (N-methyl/N-ethyl adjacent to an activating group) is 1. The molecule has 2 aromatic heterocycles. The van der Waals surface area contributed by atoms with Crippen LogP contribution in [0.3, 0.4) is 0 Å². The Morgan fingerprint density at radius 1 is 1.03 bits per heavy atom. The Kier molecular flexibility index (Phi) is 6.78. The maximum Gasteiger partial charge on any atom is 0.229 e. The summed E-state index contributed by atoms with van der Waals surface area (Å²) in [5, 5.41) is 3.78. The van der Waals surface area contributed by atoms with E-state index in [1.165, 1.54) is 12.3 Å². The summed E-state index contributed by atoms with van der Waals surface area (Å²) in [6, 6.07) is 7.09. The number of nitrogens with zero attached hydrogens (tertiary/aromatic N) is 5. The van der Waals surface area contributed by atoms with E-state index in [0.29, 0.717) is 22.9 Å². The molecule has 0 atom stereocenters. The van der Waals surface area contributed by atoms with Crippen LogP contribution in [0.1, 0.15) is 25.7 Å². The number of hydrogen-bond acceptors (Lipinski definition) is 6. The van der Waals surface area contributed by atoms with Crippen molar-refractivity contribution in [2.75, 3.05) is 45.1 Å². The monoisotopic (exact) mass is 462 g/mol. The molecule has 1 amide bonds. The maximum absolute atomic E-state index is 13.6. The zero-order valence-electron chi connectivity index (χ0n) is 19.6. The van der Waals surface area contributed by atoms with Crippen molar-refractivity contribution in [1.29, 1.82) is 0 Å². The summed E-state index contributed by atoms with van der Waals surface area (Å²) in [7, 11) is 2.18. The van der Waals surface area contributed by atoms with Crippen molar-refractivity contribution >= 4 is 22.8 Å². The van der Waals surface area contributed by atoms with Gasteiger partial charge in [0.25, 0.3) is 0 Å². The fourth-order valence-corrected chi connectivity index (χ4v) is 5.05. The molecule has 1 aliphatic carbocycles. The molecule has 0 bridgehead atoms. The number of aromatic nitrogens is 3. The molecule has 1 saturated heterocycles. The first-order valence-electron chi connectivity index (χ1n) is 12.1. The van der Waals surface area contributed by atoms with Crippen LogP contribution in [0.15, 0.2) is 42.9 Å². The van der Waals surface area contributed by atoms with Gasteiger partial charge in [0.15, 0.2) is 0 Å². The molecule has 7 nitrogen and oxygen atoms in total. The van der Waals surface area contributed by atoms with E-state index in [2.05, 4.69) is 37.1 Å². The lowest BCUT2D eigenvalue weighted by Crippen LogP contribution is -2.46. The van der Waals surface area contributed by atoms with E-state index >= 15 is 0 Å². The first-order chi connectivity index (χ1) is 16.5. The quantitative estimate of drug-likeness (QED) is 0.621. The van der Waals surface area contributed by atoms with Gasteiger partial charge in [-0.15, -0.1) is 0 Å². The van der Waals surface area contributed by atoms with Gasteiger partial charge >= 0.3 is 0 Å². The molecular weight excluding hydrogens is 431 g/mol. The molecule has 1 saturated carbocycles. The number of fused-ring (bicyclic) bond motifs is 1. The lowest BCUT2D eigenvalue weighted by Gasteiger charge is -2.36. The Hall–Kier alpha value is -2.97. The SMILES string of the molecule is CN1CCN(C[C@H]2CC[C@H](C(=O)Nc3ncc4ccc(-c5cncc(F)c5)cc4n3)CC2)CC1. The van der Waals surface area contributed by atoms with Crippen LogP contribution < -0.4 is 5.32 Å². The third-order valence-corrected chi connectivity index (χ3v) is 7.19. The molecule has 1 N–H and O–H groups in total. The molecule has 5 rings (SSSR count). The smallest absolute Gasteiger partial charge is 0.229 e. The number of rotatable bonds is 5. The van der Waals surface area contributed by atoms with Crippen molar-refractivity contribution in [2.24, 2.45) is 11.8 Å². The fraction of sp³-hybridized carbons (Fsp3) is 0.462. The second-order valence-electron chi connectivity index (χ2n) is 9.67. The Morgan fingerprint density at radius 2 is 1.82 bits per heavy atom. The summed E-state index contributed by atoms with van der Waals surface area (Å²) in [4.78, 5) is 30.7. The van der Waals surface area contributed by atoms with Crippen LogP contribution in [0.2, 0.25) is 0 Å². The molecule has 3 aromatic rings. The second-order valence-corrected chi connectivity index (χ2v) is 9.67. The zero-order chi connectivity index (χ0) is 23.5. The zero-order valence-corrected chi connectivity index (χ0v) is 19.6. The summed E-state index contributed by atoms with van der Waals surface area (Å²) >= 11 is 0. The van der Waals surface area contributed by atoms with E-state index in [9.17, 15) is 9.18 Å². The topological polar surface area (TPSA) is 74.2 Å². The highest BCUT2D eigenvalue weighted by molar-refractivity contribution is 5.92. The van der Waals surface area contributed by atoms with Gasteiger partial charge in [0.1, 0.15) is 5.82 Å². The van der Waals surface area contributed by atoms with Gasteiger partial charge in [-0.25, -0.2) is 14.4 Å². The standard InChI is InChI=1S/C26H31FN6O/c1-32-8-10-33(11-9-32)17-18-2-4-19(5-3-18)25(34)31-26-29-15-21-7-6-20(13-24(21)30-26)22-12-23(27)16-28-14-22/h6-7,12-16,18-19H,2-5,8-11,17H2,1H3,(H,29,30,31,34)/t18-,19-. The van der Waals surface area contributed by atoms with Crippen LogP contribution in [0.4, 0.5) is 10.3 Å². The lowest BCUT2D eigenvalue weighted by atomic mass is 9.81. The Bertz CT molecular complexity index is 1150. The average molecular weight is 463 g/mol. The minimum absolute atomic E-state index is 0.00267. The molecule has 0 radical (unpaired) electrons. The molecule has 178 valence electrons. The van der Waals surface area contributed by atoms with Crippen LogP contribution in [0.25, 0.3) is 22.0 Å². The molecular formula is C26H31FN6O. The highest BCUT2D eigenvalue weighted by Crippen LogP contribution is 2.30. The van der Waals surface area contributed by atoms with Gasteiger partial charge < -0.3 is 9.80 Å². The molecule has 2 fully saturated rings. The summed E-state index contributed by atoms with van der Waals surface area (Å²) in [5.74, 6) is 0.619. The van der Waals surface area contributed by atoms with Gasteiger partial charge in [-0.3, -0.25) is 15.1 Å². The fourth-order valence-electron chi connectivity index (χ4n) is 5.05. The first-order valence-corrected chi connectivity index (χ1v) is 12.1. The summed E-state index contributed by atoms with van der Waals surface area (Å²) in [6.07, 6.45) is 8.51. The predicted molar refractivity (Wildman–Crippen MR) is 131 cm³/mol. The van der Waals surface area contributed by atoms with Crippen molar-refractivity contribution in [3.05, 3.63) is 48.7 Å². The summed E-state index contributed by atoms with van der Waals surface area (Å²) in [6.45, 7) is 5.73. The van der Waals surface area contributed by atoms with Crippen LogP contribution in [-0.2, 0) is 4.79 Å². The van der Waals surface area contributed by atoms with E-state index in [4.69, 9.17) is 0 Å². The van der Waals surface area contributed by atoms with Crippen LogP contribution in [0, 0.1) is 17.7 Å². The number of benzene rings is 1. The van der Waals surface area contributed by atoms with E-state index in [1.807, 2.05) is 18.2 Å². The number of hydrogen-bond donors (Lipinski definition) is 1. The molecule has 8 heteroatoms. The van der Waals surface area contributed by atoms with Crippen LogP contribution >= 0.6 is 0 Å². The molecule has 0 unspecified atom stereocenters. The first kappa shape index (κ1) is 22.8. The molecule has 3 heterocycles. The number of anilines is 1. The van der Waals surface area contributed by atoms with Crippen molar-refractivity contribution in [3.8, 4) is 11.1 Å². The molecule has 2 aliphatic rings. The third kappa shape index (κ3) is 5.39. The maximum atomic E-state index is 13.6. The summed E-state index contributed by atoms with van der Waals surface area (Å²) in [5.41, 5.74) is 2.19. The van der Waals surface area contributed by atoms with Crippen molar-refractivity contribution in [2.45, 2.75) is 25.7 Å². The normalized spacial score (nSPS) is 22.1. The minimum atomic E-state index is -0.383. The predicted octanol–water partition coefficient (Wildman–Crippen LogP) is 3.82. The van der Waals surface area contributed by atoms with E-state index in [0.717, 1.165) is 69.4 Å². The summed E-state index contributed by atoms with van der Waals surface area (Å²) < 4.78 is 13.6. The number of carbonyl (C=O) groups is 1. The van der Waals surface area contributed by atoms with Gasteiger partial charge in [0.05, 0.1) is 11.7 Å². The van der Waals surface area contributed by atoms with E-state index in [1.54, 1.807) is 12.4 Å². The number of halogens is 1. The highest BCUT2D eigenvalue weighted by atomic mass is 19.1.